The third-order valence-electron chi connectivity index (χ3n) is 2.91. The number of hydrogen-bond donors (Lipinski definition) is 2. The fourth-order valence-electron chi connectivity index (χ4n) is 2.21. The van der Waals surface area contributed by atoms with Gasteiger partial charge in [-0.1, -0.05) is 19.9 Å². The van der Waals surface area contributed by atoms with Crippen LogP contribution in [-0.2, 0) is 0 Å². The van der Waals surface area contributed by atoms with Crippen molar-refractivity contribution in [1.82, 2.24) is 0 Å². The molecule has 1 saturated carbocycles. The number of allylic oxidation sites excluding steroid dienone is 1. The van der Waals surface area contributed by atoms with Crippen LogP contribution in [0.3, 0.4) is 0 Å². The zero-order valence-electron chi connectivity index (χ0n) is 9.04. The summed E-state index contributed by atoms with van der Waals surface area (Å²) in [5, 5.41) is 7.26. The van der Waals surface area contributed by atoms with Crippen LogP contribution in [-0.4, -0.2) is 12.1 Å². The van der Waals surface area contributed by atoms with Crippen molar-refractivity contribution in [2.75, 3.05) is 0 Å². The largest absolute Gasteiger partial charge is 0.209 e. The van der Waals surface area contributed by atoms with E-state index in [4.69, 9.17) is 11.1 Å². The van der Waals surface area contributed by atoms with E-state index in [1.54, 1.807) is 0 Å². The second kappa shape index (κ2) is 3.98. The van der Waals surface area contributed by atoms with Gasteiger partial charge in [0, 0.05) is 0 Å². The van der Waals surface area contributed by atoms with Gasteiger partial charge in [-0.15, -0.1) is 0 Å². The summed E-state index contributed by atoms with van der Waals surface area (Å²) in [5.41, 5.74) is 15.5. The van der Waals surface area contributed by atoms with Crippen LogP contribution in [0.1, 0.15) is 33.6 Å². The second-order valence-electron chi connectivity index (χ2n) is 4.65. The Kier molecular flexibility index (Phi) is 3.13. The first-order valence-electron chi connectivity index (χ1n) is 4.93. The Morgan fingerprint density at radius 1 is 1.21 bits per heavy atom. The molecule has 0 aromatic rings. The van der Waals surface area contributed by atoms with Gasteiger partial charge in [-0.25, -0.2) is 11.1 Å². The summed E-state index contributed by atoms with van der Waals surface area (Å²) in [7, 11) is 0. The van der Waals surface area contributed by atoms with Crippen LogP contribution in [0.25, 0.3) is 0 Å². The van der Waals surface area contributed by atoms with Crippen LogP contribution < -0.4 is 0 Å². The molecule has 0 amide bonds. The van der Waals surface area contributed by atoms with Gasteiger partial charge >= 0.3 is 0 Å². The fraction of sp³-hybridized carbons (Fsp3) is 0.800. The lowest BCUT2D eigenvalue weighted by molar-refractivity contribution is 0.233. The first-order chi connectivity index (χ1) is 6.54. The molecule has 0 radical (unpaired) electrons. The lowest BCUT2D eigenvalue weighted by Gasteiger charge is -2.37. The Hall–Kier alpha value is -1.06. The summed E-state index contributed by atoms with van der Waals surface area (Å²) in [4.78, 5) is 0. The molecule has 4 nitrogen and oxygen atoms in total. The molecule has 2 atom stereocenters. The van der Waals surface area contributed by atoms with E-state index < -0.39 is 0 Å². The van der Waals surface area contributed by atoms with E-state index in [0.29, 0.717) is 0 Å². The first kappa shape index (κ1) is 11.0. The molecule has 0 heterocycles. The normalized spacial score (nSPS) is 30.9. The van der Waals surface area contributed by atoms with Gasteiger partial charge in [-0.2, -0.15) is 10.2 Å². The van der Waals surface area contributed by atoms with Crippen LogP contribution in [0.5, 0.6) is 0 Å². The average molecular weight is 194 g/mol. The van der Waals surface area contributed by atoms with Crippen LogP contribution >= 0.6 is 0 Å². The Bertz CT molecular complexity index is 245. The van der Waals surface area contributed by atoms with Crippen molar-refractivity contribution in [3.8, 4) is 0 Å². The van der Waals surface area contributed by atoms with Gasteiger partial charge in [0.1, 0.15) is 0 Å². The molecule has 0 saturated heterocycles. The van der Waals surface area contributed by atoms with Gasteiger partial charge < -0.3 is 0 Å². The minimum Gasteiger partial charge on any atom is -0.209 e. The predicted octanol–water partition coefficient (Wildman–Crippen LogP) is 3.55. The summed E-state index contributed by atoms with van der Waals surface area (Å²) in [6.45, 7) is 6.23. The molecular formula is C10H18N4. The Morgan fingerprint density at radius 3 is 1.93 bits per heavy atom. The Balaban J connectivity index is 2.96. The summed E-state index contributed by atoms with van der Waals surface area (Å²) in [6.07, 6.45) is 3.74. The van der Waals surface area contributed by atoms with Crippen molar-refractivity contribution in [2.45, 2.75) is 45.7 Å². The third kappa shape index (κ3) is 2.05. The summed E-state index contributed by atoms with van der Waals surface area (Å²) in [5.74, 6) is 0. The van der Waals surface area contributed by atoms with Gasteiger partial charge in [0.05, 0.1) is 12.1 Å². The number of nitrogens with one attached hydrogen (secondary N) is 2. The Labute approximate surface area is 84.8 Å². The molecule has 0 aromatic heterocycles. The maximum atomic E-state index is 7.15. The van der Waals surface area contributed by atoms with Crippen molar-refractivity contribution >= 4 is 0 Å². The minimum atomic E-state index is -0.0668. The minimum absolute atomic E-state index is 0.0668. The number of rotatable bonds is 2. The Morgan fingerprint density at radius 2 is 1.64 bits per heavy atom. The van der Waals surface area contributed by atoms with Gasteiger partial charge in [-0.3, -0.25) is 0 Å². The smallest absolute Gasteiger partial charge is 0.0941 e. The van der Waals surface area contributed by atoms with E-state index in [9.17, 15) is 0 Å². The zero-order chi connectivity index (χ0) is 10.8. The average Bonchev–Trinajstić information content (AvgIpc) is 2.15. The van der Waals surface area contributed by atoms with Crippen LogP contribution in [0.2, 0.25) is 0 Å². The molecule has 2 N–H and O–H groups in total. The highest BCUT2D eigenvalue weighted by molar-refractivity contribution is 5.21. The number of hydrogen-bond acceptors (Lipinski definition) is 4. The maximum Gasteiger partial charge on any atom is 0.0941 e. The molecule has 0 aromatic carbocycles. The molecule has 1 fully saturated rings. The lowest BCUT2D eigenvalue weighted by Crippen LogP contribution is -2.35. The highest BCUT2D eigenvalue weighted by Crippen LogP contribution is 2.40. The lowest BCUT2D eigenvalue weighted by atomic mass is 9.71. The first-order valence-corrected chi connectivity index (χ1v) is 4.93. The van der Waals surface area contributed by atoms with Crippen LogP contribution in [0.15, 0.2) is 21.9 Å². The van der Waals surface area contributed by atoms with Crippen molar-refractivity contribution < 1.29 is 0 Å². The summed E-state index contributed by atoms with van der Waals surface area (Å²) >= 11 is 0. The quantitative estimate of drug-likeness (QED) is 0.498. The van der Waals surface area contributed by atoms with E-state index in [-0.39, 0.29) is 17.5 Å². The fourth-order valence-corrected chi connectivity index (χ4v) is 2.21. The molecule has 0 bridgehead atoms. The van der Waals surface area contributed by atoms with E-state index in [0.717, 1.165) is 18.4 Å². The maximum absolute atomic E-state index is 7.15. The van der Waals surface area contributed by atoms with E-state index in [2.05, 4.69) is 24.1 Å². The van der Waals surface area contributed by atoms with Crippen LogP contribution in [0, 0.1) is 16.5 Å². The highest BCUT2D eigenvalue weighted by atomic mass is 15.0. The van der Waals surface area contributed by atoms with Crippen molar-refractivity contribution in [3.05, 3.63) is 11.6 Å². The molecule has 4 heteroatoms. The predicted molar refractivity (Wildman–Crippen MR) is 54.6 cm³/mol. The molecule has 1 rings (SSSR count). The van der Waals surface area contributed by atoms with Gasteiger partial charge in [-0.05, 0) is 30.8 Å². The van der Waals surface area contributed by atoms with Crippen molar-refractivity contribution in [1.29, 1.82) is 11.1 Å². The van der Waals surface area contributed by atoms with E-state index in [1.807, 2.05) is 13.0 Å². The molecule has 78 valence electrons. The van der Waals surface area contributed by atoms with Crippen molar-refractivity contribution in [3.63, 3.8) is 0 Å². The zero-order valence-corrected chi connectivity index (χ0v) is 9.04. The molecule has 1 aliphatic carbocycles. The molecule has 1 aliphatic rings. The second-order valence-corrected chi connectivity index (χ2v) is 4.65. The topological polar surface area (TPSA) is 72.4 Å². The van der Waals surface area contributed by atoms with Crippen LogP contribution in [0.4, 0.5) is 0 Å². The summed E-state index contributed by atoms with van der Waals surface area (Å²) < 4.78 is 0. The summed E-state index contributed by atoms with van der Waals surface area (Å²) in [6, 6.07) is -0.134. The molecule has 14 heavy (non-hydrogen) atoms. The SMILES string of the molecule is CC=C1C(N=N)CC(C)(C)CC1N=N. The molecule has 0 spiro atoms. The monoisotopic (exact) mass is 194 g/mol. The number of nitrogens with zero attached hydrogens (tertiary/aromatic N) is 2. The van der Waals surface area contributed by atoms with Crippen molar-refractivity contribution in [2.24, 2.45) is 15.6 Å². The standard InChI is InChI=1S/C10H18N4/c1-4-7-8(13-11)5-10(2,3)6-9(7)14-12/h4,8-9,11-12H,5-6H2,1-3H3. The van der Waals surface area contributed by atoms with E-state index >= 15 is 0 Å². The molecule has 2 unspecified atom stereocenters. The molecular weight excluding hydrogens is 176 g/mol. The molecule has 0 aliphatic heterocycles. The van der Waals surface area contributed by atoms with Gasteiger partial charge in [0.25, 0.3) is 0 Å². The third-order valence-corrected chi connectivity index (χ3v) is 2.91. The highest BCUT2D eigenvalue weighted by Gasteiger charge is 2.37. The van der Waals surface area contributed by atoms with Gasteiger partial charge in [0.2, 0.25) is 0 Å². The van der Waals surface area contributed by atoms with Gasteiger partial charge in [0.15, 0.2) is 0 Å². The van der Waals surface area contributed by atoms with E-state index in [1.165, 1.54) is 0 Å².